The van der Waals surface area contributed by atoms with Crippen molar-refractivity contribution in [2.75, 3.05) is 18.4 Å². The molecule has 1 fully saturated rings. The van der Waals surface area contributed by atoms with Gasteiger partial charge >= 0.3 is 6.18 Å². The van der Waals surface area contributed by atoms with Gasteiger partial charge in [0.1, 0.15) is 0 Å². The third kappa shape index (κ3) is 2.69. The van der Waals surface area contributed by atoms with Crippen LogP contribution in [0.3, 0.4) is 0 Å². The topological polar surface area (TPSA) is 41.1 Å². The molecule has 116 valence electrons. The fraction of sp³-hybridized carbons (Fsp3) is 0.417. The molecule has 21 heavy (non-hydrogen) atoms. The highest BCUT2D eigenvalue weighted by Crippen LogP contribution is 2.43. The lowest BCUT2D eigenvalue weighted by Crippen LogP contribution is -2.49. The Bertz CT molecular complexity index is 542. The van der Waals surface area contributed by atoms with Gasteiger partial charge in [-0.05, 0) is 13.0 Å². The van der Waals surface area contributed by atoms with Crippen LogP contribution in [0.15, 0.2) is 12.1 Å². The van der Waals surface area contributed by atoms with Gasteiger partial charge in [0, 0.05) is 24.4 Å². The van der Waals surface area contributed by atoms with E-state index in [9.17, 15) is 31.1 Å². The first-order chi connectivity index (χ1) is 9.67. The van der Waals surface area contributed by atoms with Gasteiger partial charge in [-0.15, -0.1) is 0 Å². The molecular weight excluding hydrogens is 302 g/mol. The van der Waals surface area contributed by atoms with Crippen molar-refractivity contribution >= 4 is 11.6 Å². The van der Waals surface area contributed by atoms with Gasteiger partial charge in [0.05, 0.1) is 0 Å². The fourth-order valence-electron chi connectivity index (χ4n) is 2.13. The molecular formula is C12H10F6N2O. The molecule has 3 nitrogen and oxygen atoms in total. The first-order valence-electron chi connectivity index (χ1n) is 5.91. The number of hydrogen-bond donors (Lipinski definition) is 2. The Kier molecular flexibility index (Phi) is 3.87. The fourth-order valence-corrected chi connectivity index (χ4v) is 2.13. The Hall–Kier alpha value is -1.77. The minimum absolute atomic E-state index is 0.0148. The van der Waals surface area contributed by atoms with Crippen LogP contribution < -0.4 is 10.6 Å². The number of carbonyl (C=O) groups excluding carboxylic acids is 1. The van der Waals surface area contributed by atoms with Gasteiger partial charge in [-0.2, -0.15) is 13.2 Å². The van der Waals surface area contributed by atoms with Crippen LogP contribution in [0, 0.1) is 22.9 Å². The van der Waals surface area contributed by atoms with Crippen LogP contribution in [0.25, 0.3) is 0 Å². The molecule has 0 radical (unpaired) electrons. The first-order valence-corrected chi connectivity index (χ1v) is 5.91. The van der Waals surface area contributed by atoms with Gasteiger partial charge < -0.3 is 10.6 Å². The number of anilines is 1. The number of nitrogens with one attached hydrogen (secondary N) is 2. The predicted octanol–water partition coefficient (Wildman–Crippen LogP) is 2.58. The predicted molar refractivity (Wildman–Crippen MR) is 60.9 cm³/mol. The van der Waals surface area contributed by atoms with Crippen molar-refractivity contribution in [3.05, 3.63) is 29.6 Å². The summed E-state index contributed by atoms with van der Waals surface area (Å²) in [4.78, 5) is 11.9. The van der Waals surface area contributed by atoms with E-state index in [2.05, 4.69) is 5.32 Å². The molecule has 1 unspecified atom stereocenters. The number of rotatable bonds is 2. The normalized spacial score (nSPS) is 22.4. The number of amides is 1. The second kappa shape index (κ2) is 5.21. The third-order valence-electron chi connectivity index (χ3n) is 3.37. The highest BCUT2D eigenvalue weighted by atomic mass is 19.4. The van der Waals surface area contributed by atoms with Crippen LogP contribution in [0.1, 0.15) is 6.42 Å². The maximum absolute atomic E-state index is 13.1. The van der Waals surface area contributed by atoms with E-state index in [1.54, 1.807) is 5.32 Å². The minimum Gasteiger partial charge on any atom is -0.325 e. The smallest absolute Gasteiger partial charge is 0.325 e. The van der Waals surface area contributed by atoms with E-state index in [-0.39, 0.29) is 6.54 Å². The molecule has 2 rings (SSSR count). The Morgan fingerprint density at radius 2 is 1.76 bits per heavy atom. The Morgan fingerprint density at radius 3 is 2.19 bits per heavy atom. The van der Waals surface area contributed by atoms with Crippen molar-refractivity contribution in [3.8, 4) is 0 Å². The van der Waals surface area contributed by atoms with Crippen LogP contribution in [-0.4, -0.2) is 25.2 Å². The van der Waals surface area contributed by atoms with E-state index in [1.165, 1.54) is 0 Å². The number of halogens is 6. The van der Waals surface area contributed by atoms with E-state index in [0.717, 1.165) is 0 Å². The van der Waals surface area contributed by atoms with Crippen molar-refractivity contribution in [3.63, 3.8) is 0 Å². The molecule has 1 aliphatic heterocycles. The number of alkyl halides is 3. The van der Waals surface area contributed by atoms with E-state index in [4.69, 9.17) is 0 Å². The zero-order valence-electron chi connectivity index (χ0n) is 10.5. The Balaban J connectivity index is 2.28. The molecule has 0 aromatic heterocycles. The zero-order chi connectivity index (χ0) is 15.8. The van der Waals surface area contributed by atoms with Crippen LogP contribution in [-0.2, 0) is 4.79 Å². The van der Waals surface area contributed by atoms with Crippen molar-refractivity contribution in [2.45, 2.75) is 12.6 Å². The molecule has 9 heteroatoms. The molecule has 2 N–H and O–H groups in total. The van der Waals surface area contributed by atoms with E-state index < -0.39 is 53.6 Å². The van der Waals surface area contributed by atoms with Crippen molar-refractivity contribution in [2.24, 2.45) is 5.41 Å². The van der Waals surface area contributed by atoms with Gasteiger partial charge in [-0.1, -0.05) is 0 Å². The maximum atomic E-state index is 13.1. The summed E-state index contributed by atoms with van der Waals surface area (Å²) in [6, 6.07) is 0.839. The lowest BCUT2D eigenvalue weighted by Gasteiger charge is -2.29. The summed E-state index contributed by atoms with van der Waals surface area (Å²) in [5.41, 5.74) is -3.25. The van der Waals surface area contributed by atoms with Crippen LogP contribution in [0.2, 0.25) is 0 Å². The summed E-state index contributed by atoms with van der Waals surface area (Å²) in [5.74, 6) is -6.40. The van der Waals surface area contributed by atoms with E-state index in [1.807, 2.05) is 0 Å². The SMILES string of the molecule is O=C(Nc1cc(F)c(F)c(F)c1)C1(C(F)(F)F)CCNC1. The monoisotopic (exact) mass is 312 g/mol. The standard InChI is InChI=1S/C12H10F6N2O/c13-7-3-6(4-8(14)9(7)15)20-10(21)11(12(16,17)18)1-2-19-5-11/h3-4,19H,1-2,5H2,(H,20,21). The Labute approximate surface area is 115 Å². The second-order valence-corrected chi connectivity index (χ2v) is 4.71. The highest BCUT2D eigenvalue weighted by molar-refractivity contribution is 5.96. The number of hydrogen-bond acceptors (Lipinski definition) is 2. The largest absolute Gasteiger partial charge is 0.404 e. The molecule has 1 aromatic carbocycles. The molecule has 1 heterocycles. The molecule has 0 spiro atoms. The molecule has 0 aliphatic carbocycles. The minimum atomic E-state index is -4.82. The molecule has 1 saturated heterocycles. The molecule has 1 aliphatic rings. The van der Waals surface area contributed by atoms with Crippen LogP contribution >= 0.6 is 0 Å². The van der Waals surface area contributed by atoms with Crippen molar-refractivity contribution in [1.82, 2.24) is 5.32 Å². The lowest BCUT2D eigenvalue weighted by molar-refractivity contribution is -0.213. The quantitative estimate of drug-likeness (QED) is 0.651. The molecule has 1 amide bonds. The van der Waals surface area contributed by atoms with Gasteiger partial charge in [0.15, 0.2) is 22.9 Å². The van der Waals surface area contributed by atoms with Gasteiger partial charge in [-0.3, -0.25) is 4.79 Å². The maximum Gasteiger partial charge on any atom is 0.404 e. The van der Waals surface area contributed by atoms with Crippen LogP contribution in [0.4, 0.5) is 32.0 Å². The van der Waals surface area contributed by atoms with Gasteiger partial charge in [0.2, 0.25) is 5.91 Å². The Morgan fingerprint density at radius 1 is 1.19 bits per heavy atom. The average molecular weight is 312 g/mol. The van der Waals surface area contributed by atoms with Crippen molar-refractivity contribution < 1.29 is 31.1 Å². The van der Waals surface area contributed by atoms with Gasteiger partial charge in [-0.25, -0.2) is 13.2 Å². The van der Waals surface area contributed by atoms with E-state index >= 15 is 0 Å². The number of carbonyl (C=O) groups is 1. The van der Waals surface area contributed by atoms with Crippen molar-refractivity contribution in [1.29, 1.82) is 0 Å². The summed E-state index contributed by atoms with van der Waals surface area (Å²) in [6.07, 6.45) is -5.31. The summed E-state index contributed by atoms with van der Waals surface area (Å²) in [5, 5.41) is 4.22. The lowest BCUT2D eigenvalue weighted by atomic mass is 9.85. The summed E-state index contributed by atoms with van der Waals surface area (Å²) in [6.45, 7) is -0.645. The highest BCUT2D eigenvalue weighted by Gasteiger charge is 2.61. The summed E-state index contributed by atoms with van der Waals surface area (Å²) in [7, 11) is 0. The summed E-state index contributed by atoms with van der Waals surface area (Å²) >= 11 is 0. The average Bonchev–Trinajstić information content (AvgIpc) is 2.85. The van der Waals surface area contributed by atoms with E-state index in [0.29, 0.717) is 12.1 Å². The zero-order valence-corrected chi connectivity index (χ0v) is 10.5. The second-order valence-electron chi connectivity index (χ2n) is 4.71. The summed E-state index contributed by atoms with van der Waals surface area (Å²) < 4.78 is 78.0. The first kappa shape index (κ1) is 15.6. The van der Waals surface area contributed by atoms with Crippen LogP contribution in [0.5, 0.6) is 0 Å². The number of benzene rings is 1. The molecule has 1 atom stereocenters. The third-order valence-corrected chi connectivity index (χ3v) is 3.37. The molecule has 0 saturated carbocycles. The molecule has 0 bridgehead atoms. The van der Waals surface area contributed by atoms with Gasteiger partial charge in [0.25, 0.3) is 0 Å². The molecule has 1 aromatic rings.